The smallest absolute Gasteiger partial charge is 0.237 e. The number of carbonyl (C=O) groups excluding carboxylic acids is 1. The van der Waals surface area contributed by atoms with Crippen LogP contribution in [0.4, 0.5) is 5.69 Å². The van der Waals surface area contributed by atoms with Crippen molar-refractivity contribution in [1.82, 2.24) is 9.97 Å². The van der Waals surface area contributed by atoms with E-state index in [1.165, 1.54) is 11.8 Å². The quantitative estimate of drug-likeness (QED) is 0.492. The van der Waals surface area contributed by atoms with Gasteiger partial charge < -0.3 is 5.32 Å². The van der Waals surface area contributed by atoms with Gasteiger partial charge in [-0.1, -0.05) is 43.8 Å². The molecule has 0 aliphatic rings. The first kappa shape index (κ1) is 17.9. The molecule has 0 spiro atoms. The summed E-state index contributed by atoms with van der Waals surface area (Å²) in [7, 11) is 0. The van der Waals surface area contributed by atoms with Gasteiger partial charge in [0.05, 0.1) is 5.25 Å². The van der Waals surface area contributed by atoms with Crippen molar-refractivity contribution in [2.24, 2.45) is 0 Å². The number of hydrogen-bond acceptors (Lipinski definition) is 5. The Morgan fingerprint density at radius 2 is 2.00 bits per heavy atom. The number of rotatable bonds is 5. The van der Waals surface area contributed by atoms with Crippen LogP contribution in [-0.2, 0) is 4.79 Å². The fraction of sp³-hybridized carbons (Fsp3) is 0.316. The Morgan fingerprint density at radius 3 is 2.76 bits per heavy atom. The molecule has 1 amide bonds. The second-order valence-corrected chi connectivity index (χ2v) is 8.49. The monoisotopic (exact) mass is 371 g/mol. The van der Waals surface area contributed by atoms with E-state index >= 15 is 0 Å². The summed E-state index contributed by atoms with van der Waals surface area (Å²) in [6.07, 6.45) is 1.56. The van der Waals surface area contributed by atoms with Crippen LogP contribution in [0.25, 0.3) is 10.2 Å². The van der Waals surface area contributed by atoms with Crippen LogP contribution < -0.4 is 5.32 Å². The lowest BCUT2D eigenvalue weighted by Gasteiger charge is -2.18. The lowest BCUT2D eigenvalue weighted by atomic mass is 9.98. The molecule has 1 aromatic carbocycles. The number of carbonyl (C=O) groups is 1. The van der Waals surface area contributed by atoms with Gasteiger partial charge in [-0.2, -0.15) is 0 Å². The number of fused-ring (bicyclic) bond motifs is 1. The van der Waals surface area contributed by atoms with Gasteiger partial charge in [0.1, 0.15) is 16.2 Å². The topological polar surface area (TPSA) is 54.9 Å². The molecule has 0 unspecified atom stereocenters. The summed E-state index contributed by atoms with van der Waals surface area (Å²) < 4.78 is 0. The number of thioether (sulfide) groups is 1. The summed E-state index contributed by atoms with van der Waals surface area (Å²) in [4.78, 5) is 22.3. The van der Waals surface area contributed by atoms with Gasteiger partial charge in [-0.25, -0.2) is 9.97 Å². The summed E-state index contributed by atoms with van der Waals surface area (Å²) in [5, 5.41) is 6.73. The van der Waals surface area contributed by atoms with Crippen molar-refractivity contribution in [3.63, 3.8) is 0 Å². The molecule has 1 atom stereocenters. The van der Waals surface area contributed by atoms with Gasteiger partial charge in [0, 0.05) is 11.1 Å². The third-order valence-electron chi connectivity index (χ3n) is 4.06. The van der Waals surface area contributed by atoms with Gasteiger partial charge in [-0.3, -0.25) is 4.79 Å². The lowest BCUT2D eigenvalue weighted by molar-refractivity contribution is -0.115. The Hall–Kier alpha value is -1.92. The predicted octanol–water partition coefficient (Wildman–Crippen LogP) is 5.24. The Morgan fingerprint density at radius 1 is 1.20 bits per heavy atom. The number of aromatic nitrogens is 2. The normalized spacial score (nSPS) is 12.5. The highest BCUT2D eigenvalue weighted by Crippen LogP contribution is 2.32. The van der Waals surface area contributed by atoms with Crippen molar-refractivity contribution in [2.75, 3.05) is 5.32 Å². The number of aryl methyl sites for hydroxylation is 1. The van der Waals surface area contributed by atoms with Gasteiger partial charge in [-0.15, -0.1) is 11.3 Å². The largest absolute Gasteiger partial charge is 0.325 e. The van der Waals surface area contributed by atoms with Crippen molar-refractivity contribution in [3.8, 4) is 0 Å². The highest BCUT2D eigenvalue weighted by molar-refractivity contribution is 8.00. The fourth-order valence-corrected chi connectivity index (χ4v) is 4.35. The number of para-hydroxylation sites is 1. The molecule has 130 valence electrons. The third-order valence-corrected chi connectivity index (χ3v) is 5.99. The molecule has 4 nitrogen and oxygen atoms in total. The number of nitrogens with zero attached hydrogens (tertiary/aromatic N) is 2. The van der Waals surface area contributed by atoms with E-state index in [0.717, 1.165) is 32.1 Å². The van der Waals surface area contributed by atoms with Crippen LogP contribution in [0.1, 0.15) is 37.8 Å². The minimum absolute atomic E-state index is 0.0109. The van der Waals surface area contributed by atoms with E-state index in [4.69, 9.17) is 0 Å². The third kappa shape index (κ3) is 3.85. The molecule has 0 bridgehead atoms. The predicted molar refractivity (Wildman–Crippen MR) is 107 cm³/mol. The first-order valence-corrected chi connectivity index (χ1v) is 9.98. The maximum Gasteiger partial charge on any atom is 0.237 e. The molecular weight excluding hydrogens is 350 g/mol. The van der Waals surface area contributed by atoms with Crippen LogP contribution in [0.2, 0.25) is 0 Å². The summed E-state index contributed by atoms with van der Waals surface area (Å²) in [5.74, 6) is 0.341. The zero-order valence-electron chi connectivity index (χ0n) is 14.7. The number of thiophene rings is 1. The highest BCUT2D eigenvalue weighted by Gasteiger charge is 2.19. The maximum atomic E-state index is 12.7. The van der Waals surface area contributed by atoms with Crippen molar-refractivity contribution >= 4 is 44.9 Å². The van der Waals surface area contributed by atoms with E-state index in [-0.39, 0.29) is 11.2 Å². The van der Waals surface area contributed by atoms with Crippen molar-refractivity contribution in [1.29, 1.82) is 0 Å². The van der Waals surface area contributed by atoms with E-state index in [2.05, 4.69) is 35.2 Å². The molecule has 6 heteroatoms. The van der Waals surface area contributed by atoms with Crippen LogP contribution in [0.3, 0.4) is 0 Å². The Kier molecular flexibility index (Phi) is 5.39. The second-order valence-electron chi connectivity index (χ2n) is 6.26. The summed E-state index contributed by atoms with van der Waals surface area (Å²) in [6, 6.07) is 8.14. The molecule has 0 aliphatic heterocycles. The standard InChI is InChI=1S/C19H21N3OS2/c1-11(2)14-7-5-6-12(3)16(14)22-17(23)13(4)25-19-15-8-9-24-18(15)20-10-21-19/h5-11,13H,1-4H3,(H,22,23)/t13-/m1/s1. The molecule has 0 saturated carbocycles. The van der Waals surface area contributed by atoms with Crippen molar-refractivity contribution in [3.05, 3.63) is 47.1 Å². The molecule has 1 N–H and O–H groups in total. The molecule has 0 saturated heterocycles. The second kappa shape index (κ2) is 7.54. The fourth-order valence-electron chi connectivity index (χ4n) is 2.65. The number of anilines is 1. The number of benzene rings is 1. The summed E-state index contributed by atoms with van der Waals surface area (Å²) >= 11 is 3.05. The average Bonchev–Trinajstić information content (AvgIpc) is 3.06. The average molecular weight is 372 g/mol. The van der Waals surface area contributed by atoms with Crippen molar-refractivity contribution < 1.29 is 4.79 Å². The van der Waals surface area contributed by atoms with Crippen LogP contribution in [-0.4, -0.2) is 21.1 Å². The van der Waals surface area contributed by atoms with Crippen LogP contribution in [0, 0.1) is 6.92 Å². The van der Waals surface area contributed by atoms with E-state index in [9.17, 15) is 4.79 Å². The summed E-state index contributed by atoms with van der Waals surface area (Å²) in [5.41, 5.74) is 3.17. The first-order chi connectivity index (χ1) is 12.0. The van der Waals surface area contributed by atoms with Crippen molar-refractivity contribution in [2.45, 2.75) is 43.9 Å². The zero-order valence-corrected chi connectivity index (χ0v) is 16.4. The minimum atomic E-state index is -0.252. The maximum absolute atomic E-state index is 12.7. The van der Waals surface area contributed by atoms with Gasteiger partial charge in [0.15, 0.2) is 0 Å². The van der Waals surface area contributed by atoms with Crippen LogP contribution in [0.15, 0.2) is 41.0 Å². The Bertz CT molecular complexity index is 905. The molecule has 3 aromatic rings. The first-order valence-electron chi connectivity index (χ1n) is 8.22. The number of nitrogens with one attached hydrogen (secondary N) is 1. The SMILES string of the molecule is Cc1cccc(C(C)C)c1NC(=O)[C@@H](C)Sc1ncnc2sccc12. The van der Waals surface area contributed by atoms with Crippen LogP contribution >= 0.6 is 23.1 Å². The molecule has 2 heterocycles. The van der Waals surface area contributed by atoms with E-state index in [0.29, 0.717) is 5.92 Å². The Labute approximate surface area is 156 Å². The van der Waals surface area contributed by atoms with Gasteiger partial charge in [0.25, 0.3) is 0 Å². The van der Waals surface area contributed by atoms with Gasteiger partial charge in [0.2, 0.25) is 5.91 Å². The lowest BCUT2D eigenvalue weighted by Crippen LogP contribution is -2.24. The molecule has 25 heavy (non-hydrogen) atoms. The van der Waals surface area contributed by atoms with E-state index < -0.39 is 0 Å². The molecule has 0 aliphatic carbocycles. The highest BCUT2D eigenvalue weighted by atomic mass is 32.2. The molecular formula is C19H21N3OS2. The molecule has 0 radical (unpaired) electrons. The van der Waals surface area contributed by atoms with E-state index in [1.54, 1.807) is 17.7 Å². The van der Waals surface area contributed by atoms with E-state index in [1.807, 2.05) is 37.4 Å². The van der Waals surface area contributed by atoms with Gasteiger partial charge in [-0.05, 0) is 42.3 Å². The number of amides is 1. The molecule has 2 aromatic heterocycles. The Balaban J connectivity index is 1.79. The zero-order chi connectivity index (χ0) is 18.0. The van der Waals surface area contributed by atoms with Crippen LogP contribution in [0.5, 0.6) is 0 Å². The summed E-state index contributed by atoms with van der Waals surface area (Å²) in [6.45, 7) is 8.21. The molecule has 0 fully saturated rings. The molecule has 3 rings (SSSR count). The minimum Gasteiger partial charge on any atom is -0.325 e. The number of hydrogen-bond donors (Lipinski definition) is 1. The van der Waals surface area contributed by atoms with Gasteiger partial charge >= 0.3 is 0 Å².